The summed E-state index contributed by atoms with van der Waals surface area (Å²) >= 11 is 5.51. The van der Waals surface area contributed by atoms with Gasteiger partial charge in [-0.25, -0.2) is 4.79 Å². The van der Waals surface area contributed by atoms with E-state index in [9.17, 15) is 22.8 Å². The van der Waals surface area contributed by atoms with Gasteiger partial charge in [0.2, 0.25) is 6.79 Å². The van der Waals surface area contributed by atoms with Gasteiger partial charge in [0.1, 0.15) is 0 Å². The number of carbonyl (C=O) groups excluding carboxylic acids is 2. The van der Waals surface area contributed by atoms with E-state index in [4.69, 9.17) is 25.8 Å². The first-order valence-corrected chi connectivity index (χ1v) is 8.51. The second-order valence-electron chi connectivity index (χ2n) is 5.79. The fraction of sp³-hybridized carbons (Fsp3) is 0.158. The Balaban J connectivity index is 1.52. The van der Waals surface area contributed by atoms with Gasteiger partial charge in [0.05, 0.1) is 10.6 Å². The zero-order valence-electron chi connectivity index (χ0n) is 14.6. The van der Waals surface area contributed by atoms with Crippen molar-refractivity contribution in [2.75, 3.05) is 18.7 Å². The third-order valence-electron chi connectivity index (χ3n) is 3.71. The highest BCUT2D eigenvalue weighted by atomic mass is 35.5. The van der Waals surface area contributed by atoms with Gasteiger partial charge in [0.25, 0.3) is 5.91 Å². The number of fused-ring (bicyclic) bond motifs is 1. The second-order valence-corrected chi connectivity index (χ2v) is 6.20. The van der Waals surface area contributed by atoms with Crippen molar-refractivity contribution in [1.82, 2.24) is 0 Å². The zero-order chi connectivity index (χ0) is 21.0. The fourth-order valence-corrected chi connectivity index (χ4v) is 2.61. The van der Waals surface area contributed by atoms with Gasteiger partial charge in [-0.05, 0) is 42.0 Å². The van der Waals surface area contributed by atoms with Crippen LogP contribution in [0.3, 0.4) is 0 Å². The number of alkyl halides is 3. The molecule has 0 bridgehead atoms. The Morgan fingerprint density at radius 2 is 1.90 bits per heavy atom. The number of amides is 1. The first-order chi connectivity index (χ1) is 13.7. The molecule has 0 fully saturated rings. The average molecular weight is 428 g/mol. The normalized spacial score (nSPS) is 12.8. The first-order valence-electron chi connectivity index (χ1n) is 8.13. The van der Waals surface area contributed by atoms with Crippen LogP contribution in [0.4, 0.5) is 18.9 Å². The third-order valence-corrected chi connectivity index (χ3v) is 4.04. The number of nitrogens with one attached hydrogen (secondary N) is 1. The molecule has 0 radical (unpaired) electrons. The summed E-state index contributed by atoms with van der Waals surface area (Å²) in [5.74, 6) is -0.464. The van der Waals surface area contributed by atoms with E-state index in [1.165, 1.54) is 12.1 Å². The van der Waals surface area contributed by atoms with Gasteiger partial charge in [0.15, 0.2) is 18.1 Å². The summed E-state index contributed by atoms with van der Waals surface area (Å²) in [5.41, 5.74) is -0.559. The van der Waals surface area contributed by atoms with Gasteiger partial charge in [0, 0.05) is 11.8 Å². The Labute approximate surface area is 167 Å². The standard InChI is InChI=1S/C19H13ClF3NO5/c20-14-4-3-12(8-13(14)19(21,22)23)24-17(25)9-27-18(26)6-2-11-1-5-15-16(7-11)29-10-28-15/h1-8H,9-10H2,(H,24,25)/b6-2+. The molecule has 10 heteroatoms. The Hall–Kier alpha value is -3.20. The van der Waals surface area contributed by atoms with Crippen LogP contribution < -0.4 is 14.8 Å². The highest BCUT2D eigenvalue weighted by Gasteiger charge is 2.33. The number of hydrogen-bond donors (Lipinski definition) is 1. The number of ether oxygens (including phenoxy) is 3. The molecule has 0 spiro atoms. The summed E-state index contributed by atoms with van der Waals surface area (Å²) in [7, 11) is 0. The number of benzene rings is 2. The maximum absolute atomic E-state index is 12.8. The number of rotatable bonds is 5. The molecular weight excluding hydrogens is 415 g/mol. The minimum atomic E-state index is -4.66. The molecule has 6 nitrogen and oxygen atoms in total. The smallest absolute Gasteiger partial charge is 0.417 e. The molecule has 0 unspecified atom stereocenters. The molecule has 0 aliphatic carbocycles. The molecule has 0 saturated heterocycles. The van der Waals surface area contributed by atoms with Crippen LogP contribution in [0.15, 0.2) is 42.5 Å². The number of anilines is 1. The van der Waals surface area contributed by atoms with Crippen LogP contribution in [0.2, 0.25) is 5.02 Å². The molecule has 29 heavy (non-hydrogen) atoms. The molecule has 1 aliphatic rings. The fourth-order valence-electron chi connectivity index (χ4n) is 2.38. The molecule has 1 heterocycles. The van der Waals surface area contributed by atoms with E-state index in [1.54, 1.807) is 18.2 Å². The Morgan fingerprint density at radius 3 is 2.66 bits per heavy atom. The molecule has 0 aromatic heterocycles. The van der Waals surface area contributed by atoms with E-state index in [0.717, 1.165) is 12.1 Å². The zero-order valence-corrected chi connectivity index (χ0v) is 15.3. The molecule has 1 amide bonds. The van der Waals surface area contributed by atoms with Crippen LogP contribution in [0, 0.1) is 0 Å². The van der Waals surface area contributed by atoms with E-state index in [0.29, 0.717) is 23.1 Å². The SMILES string of the molecule is O=C(COC(=O)/C=C/c1ccc2c(c1)OCO2)Nc1ccc(Cl)c(C(F)(F)F)c1. The van der Waals surface area contributed by atoms with E-state index in [1.807, 2.05) is 0 Å². The van der Waals surface area contributed by atoms with Crippen molar-refractivity contribution in [2.45, 2.75) is 6.18 Å². The van der Waals surface area contributed by atoms with Crippen molar-refractivity contribution in [3.05, 3.63) is 58.6 Å². The van der Waals surface area contributed by atoms with Crippen LogP contribution in [-0.2, 0) is 20.5 Å². The minimum absolute atomic E-state index is 0.123. The van der Waals surface area contributed by atoms with Gasteiger partial charge >= 0.3 is 12.1 Å². The lowest BCUT2D eigenvalue weighted by Gasteiger charge is -2.11. The van der Waals surface area contributed by atoms with E-state index >= 15 is 0 Å². The van der Waals surface area contributed by atoms with E-state index in [2.05, 4.69) is 5.32 Å². The van der Waals surface area contributed by atoms with E-state index < -0.39 is 35.2 Å². The predicted molar refractivity (Wildman–Crippen MR) is 97.6 cm³/mol. The molecule has 2 aromatic rings. The average Bonchev–Trinajstić information content (AvgIpc) is 3.13. The lowest BCUT2D eigenvalue weighted by Crippen LogP contribution is -2.20. The first kappa shape index (κ1) is 20.5. The van der Waals surface area contributed by atoms with Crippen molar-refractivity contribution < 1.29 is 37.0 Å². The highest BCUT2D eigenvalue weighted by molar-refractivity contribution is 6.31. The Morgan fingerprint density at radius 1 is 1.14 bits per heavy atom. The van der Waals surface area contributed by atoms with Crippen molar-refractivity contribution in [3.63, 3.8) is 0 Å². The molecular formula is C19H13ClF3NO5. The number of esters is 1. The lowest BCUT2D eigenvalue weighted by atomic mass is 10.2. The van der Waals surface area contributed by atoms with Crippen LogP contribution in [-0.4, -0.2) is 25.3 Å². The largest absolute Gasteiger partial charge is 0.454 e. The van der Waals surface area contributed by atoms with Gasteiger partial charge in [-0.3, -0.25) is 4.79 Å². The van der Waals surface area contributed by atoms with Crippen LogP contribution >= 0.6 is 11.6 Å². The van der Waals surface area contributed by atoms with E-state index in [-0.39, 0.29) is 12.5 Å². The minimum Gasteiger partial charge on any atom is -0.454 e. The summed E-state index contributed by atoms with van der Waals surface area (Å²) in [6.45, 7) is -0.550. The number of halogens is 4. The predicted octanol–water partition coefficient (Wildman–Crippen LogP) is 4.28. The second kappa shape index (κ2) is 8.44. The highest BCUT2D eigenvalue weighted by Crippen LogP contribution is 2.36. The topological polar surface area (TPSA) is 73.9 Å². The monoisotopic (exact) mass is 427 g/mol. The van der Waals surface area contributed by atoms with Crippen molar-refractivity contribution >= 4 is 35.2 Å². The molecule has 0 atom stereocenters. The maximum Gasteiger partial charge on any atom is 0.417 e. The third kappa shape index (κ3) is 5.41. The van der Waals surface area contributed by atoms with Crippen molar-refractivity contribution in [3.8, 4) is 11.5 Å². The molecule has 1 aliphatic heterocycles. The molecule has 152 valence electrons. The van der Waals surface area contributed by atoms with Gasteiger partial charge in [-0.15, -0.1) is 0 Å². The van der Waals surface area contributed by atoms with Crippen molar-refractivity contribution in [1.29, 1.82) is 0 Å². The number of carbonyl (C=O) groups is 2. The molecule has 1 N–H and O–H groups in total. The van der Waals surface area contributed by atoms with Crippen molar-refractivity contribution in [2.24, 2.45) is 0 Å². The summed E-state index contributed by atoms with van der Waals surface area (Å²) < 4.78 is 53.6. The molecule has 3 rings (SSSR count). The summed E-state index contributed by atoms with van der Waals surface area (Å²) in [4.78, 5) is 23.5. The van der Waals surface area contributed by atoms with Crippen LogP contribution in [0.25, 0.3) is 6.08 Å². The quantitative estimate of drug-likeness (QED) is 0.569. The van der Waals surface area contributed by atoms with Gasteiger partial charge < -0.3 is 19.5 Å². The molecule has 2 aromatic carbocycles. The molecule has 0 saturated carbocycles. The number of hydrogen-bond acceptors (Lipinski definition) is 5. The maximum atomic E-state index is 12.8. The summed E-state index contributed by atoms with van der Waals surface area (Å²) in [6.07, 6.45) is -2.10. The summed E-state index contributed by atoms with van der Waals surface area (Å²) in [6, 6.07) is 7.96. The Bertz CT molecular complexity index is 975. The lowest BCUT2D eigenvalue weighted by molar-refractivity contribution is -0.142. The van der Waals surface area contributed by atoms with Crippen LogP contribution in [0.1, 0.15) is 11.1 Å². The van der Waals surface area contributed by atoms with Gasteiger partial charge in [-0.2, -0.15) is 13.2 Å². The Kier molecular flexibility index (Phi) is 5.97. The van der Waals surface area contributed by atoms with Gasteiger partial charge in [-0.1, -0.05) is 17.7 Å². The van der Waals surface area contributed by atoms with Crippen LogP contribution in [0.5, 0.6) is 11.5 Å². The summed E-state index contributed by atoms with van der Waals surface area (Å²) in [5, 5.41) is 1.72.